The Kier molecular flexibility index (Phi) is 6.79. The molecule has 0 spiro atoms. The quantitative estimate of drug-likeness (QED) is 0.731. The van der Waals surface area contributed by atoms with E-state index in [1.165, 1.54) is 4.68 Å². The average molecular weight is 383 g/mol. The molecule has 150 valence electrons. The number of carbonyl (C=O) groups excluding carboxylic acids is 1. The molecule has 7 nitrogen and oxygen atoms in total. The molecular weight excluding hydrogens is 354 g/mol. The van der Waals surface area contributed by atoms with E-state index in [9.17, 15) is 9.59 Å². The Morgan fingerprint density at radius 1 is 1.29 bits per heavy atom. The zero-order valence-corrected chi connectivity index (χ0v) is 16.8. The molecule has 0 N–H and O–H groups in total. The molecule has 0 radical (unpaired) electrons. The maximum absolute atomic E-state index is 12.8. The number of aryl methyl sites for hydroxylation is 1. The van der Waals surface area contributed by atoms with Crippen LogP contribution in [0.15, 0.2) is 41.5 Å². The SMILES string of the molecule is CCCn1ncc(N2CCC(C(=O)N(C)CCc3ccccn3)CC2)cc1=O. The number of carbonyl (C=O) groups is 1. The molecule has 0 bridgehead atoms. The summed E-state index contributed by atoms with van der Waals surface area (Å²) in [4.78, 5) is 33.2. The van der Waals surface area contributed by atoms with Gasteiger partial charge in [-0.3, -0.25) is 14.6 Å². The van der Waals surface area contributed by atoms with Crippen LogP contribution in [0.1, 0.15) is 31.9 Å². The van der Waals surface area contributed by atoms with Gasteiger partial charge in [0, 0.05) is 63.5 Å². The second-order valence-corrected chi connectivity index (χ2v) is 7.37. The first kappa shape index (κ1) is 20.0. The van der Waals surface area contributed by atoms with E-state index >= 15 is 0 Å². The predicted octanol–water partition coefficient (Wildman–Crippen LogP) is 1.97. The lowest BCUT2D eigenvalue weighted by molar-refractivity contribution is -0.134. The van der Waals surface area contributed by atoms with Crippen LogP contribution in [0.25, 0.3) is 0 Å². The van der Waals surface area contributed by atoms with E-state index in [2.05, 4.69) is 15.0 Å². The molecule has 7 heteroatoms. The van der Waals surface area contributed by atoms with E-state index < -0.39 is 0 Å². The minimum Gasteiger partial charge on any atom is -0.370 e. The first-order valence-corrected chi connectivity index (χ1v) is 10.1. The molecule has 1 saturated heterocycles. The van der Waals surface area contributed by atoms with Crippen LogP contribution in [0.5, 0.6) is 0 Å². The molecule has 1 fully saturated rings. The summed E-state index contributed by atoms with van der Waals surface area (Å²) in [6.45, 7) is 4.88. The minimum absolute atomic E-state index is 0.0402. The van der Waals surface area contributed by atoms with Crippen LogP contribution < -0.4 is 10.5 Å². The summed E-state index contributed by atoms with van der Waals surface area (Å²) in [7, 11) is 1.87. The van der Waals surface area contributed by atoms with Crippen molar-refractivity contribution in [2.75, 3.05) is 31.6 Å². The molecular formula is C21H29N5O2. The molecule has 0 unspecified atom stereocenters. The fourth-order valence-electron chi connectivity index (χ4n) is 3.61. The summed E-state index contributed by atoms with van der Waals surface area (Å²) in [6, 6.07) is 7.51. The van der Waals surface area contributed by atoms with E-state index in [0.29, 0.717) is 13.1 Å². The van der Waals surface area contributed by atoms with Crippen LogP contribution in [0, 0.1) is 5.92 Å². The number of amides is 1. The number of hydrogen-bond donors (Lipinski definition) is 0. The Hall–Kier alpha value is -2.70. The molecule has 2 aromatic heterocycles. The molecule has 0 aromatic carbocycles. The standard InChI is InChI=1S/C21H29N5O2/c1-3-11-26-20(27)15-19(16-23-26)25-13-7-17(8-14-25)21(28)24(2)12-9-18-6-4-5-10-22-18/h4-6,10,15-17H,3,7-9,11-14H2,1-2H3. The number of likely N-dealkylation sites (N-methyl/N-ethyl adjacent to an activating group) is 1. The zero-order chi connectivity index (χ0) is 19.9. The topological polar surface area (TPSA) is 71.3 Å². The third-order valence-corrected chi connectivity index (χ3v) is 5.31. The first-order chi connectivity index (χ1) is 13.6. The Labute approximate surface area is 166 Å². The van der Waals surface area contributed by atoms with Crippen LogP contribution in [-0.4, -0.2) is 52.3 Å². The Balaban J connectivity index is 1.51. The van der Waals surface area contributed by atoms with E-state index in [1.54, 1.807) is 18.5 Å². The van der Waals surface area contributed by atoms with Crippen LogP contribution in [0.4, 0.5) is 5.69 Å². The molecule has 28 heavy (non-hydrogen) atoms. The van der Waals surface area contributed by atoms with Crippen molar-refractivity contribution in [3.8, 4) is 0 Å². The lowest BCUT2D eigenvalue weighted by atomic mass is 9.95. The van der Waals surface area contributed by atoms with E-state index in [-0.39, 0.29) is 17.4 Å². The van der Waals surface area contributed by atoms with Gasteiger partial charge in [-0.2, -0.15) is 5.10 Å². The third kappa shape index (κ3) is 4.97. The van der Waals surface area contributed by atoms with Crippen molar-refractivity contribution >= 4 is 11.6 Å². The van der Waals surface area contributed by atoms with Crippen molar-refractivity contribution in [2.24, 2.45) is 5.92 Å². The maximum Gasteiger partial charge on any atom is 0.268 e. The highest BCUT2D eigenvalue weighted by molar-refractivity contribution is 5.79. The molecule has 0 saturated carbocycles. The van der Waals surface area contributed by atoms with Gasteiger partial charge in [0.15, 0.2) is 0 Å². The molecule has 0 aliphatic carbocycles. The Morgan fingerprint density at radius 2 is 2.07 bits per heavy atom. The number of nitrogens with zero attached hydrogens (tertiary/aromatic N) is 5. The third-order valence-electron chi connectivity index (χ3n) is 5.31. The number of anilines is 1. The number of hydrogen-bond acceptors (Lipinski definition) is 5. The van der Waals surface area contributed by atoms with Gasteiger partial charge in [-0.25, -0.2) is 4.68 Å². The van der Waals surface area contributed by atoms with Crippen LogP contribution in [-0.2, 0) is 17.8 Å². The fraction of sp³-hybridized carbons (Fsp3) is 0.524. The molecule has 3 heterocycles. The van der Waals surface area contributed by atoms with Gasteiger partial charge < -0.3 is 9.80 Å². The zero-order valence-electron chi connectivity index (χ0n) is 16.8. The number of piperidine rings is 1. The van der Waals surface area contributed by atoms with Crippen molar-refractivity contribution in [1.82, 2.24) is 19.7 Å². The molecule has 1 aliphatic heterocycles. The summed E-state index contributed by atoms with van der Waals surface area (Å²) in [5.74, 6) is 0.241. The van der Waals surface area contributed by atoms with Gasteiger partial charge in [-0.15, -0.1) is 0 Å². The van der Waals surface area contributed by atoms with Crippen molar-refractivity contribution in [3.05, 3.63) is 52.7 Å². The Bertz CT molecular complexity index is 828. The van der Waals surface area contributed by atoms with Crippen molar-refractivity contribution in [2.45, 2.75) is 39.2 Å². The monoisotopic (exact) mass is 383 g/mol. The smallest absolute Gasteiger partial charge is 0.268 e. The van der Waals surface area contributed by atoms with Crippen molar-refractivity contribution < 1.29 is 4.79 Å². The van der Waals surface area contributed by atoms with E-state index in [1.807, 2.05) is 37.1 Å². The second-order valence-electron chi connectivity index (χ2n) is 7.37. The molecule has 3 rings (SSSR count). The van der Waals surface area contributed by atoms with Crippen molar-refractivity contribution in [3.63, 3.8) is 0 Å². The van der Waals surface area contributed by atoms with Gasteiger partial charge in [0.2, 0.25) is 5.91 Å². The summed E-state index contributed by atoms with van der Waals surface area (Å²) in [5.41, 5.74) is 1.79. The average Bonchev–Trinajstić information content (AvgIpc) is 2.74. The molecule has 1 amide bonds. The summed E-state index contributed by atoms with van der Waals surface area (Å²) < 4.78 is 1.50. The highest BCUT2D eigenvalue weighted by Crippen LogP contribution is 2.23. The van der Waals surface area contributed by atoms with Gasteiger partial charge in [0.05, 0.1) is 11.9 Å². The summed E-state index contributed by atoms with van der Waals surface area (Å²) in [6.07, 6.45) is 6.78. The Morgan fingerprint density at radius 3 is 2.71 bits per heavy atom. The van der Waals surface area contributed by atoms with Gasteiger partial charge in [0.1, 0.15) is 0 Å². The number of aromatic nitrogens is 3. The van der Waals surface area contributed by atoms with E-state index in [4.69, 9.17) is 0 Å². The maximum atomic E-state index is 12.8. The second kappa shape index (κ2) is 9.48. The normalized spacial score (nSPS) is 14.9. The van der Waals surface area contributed by atoms with Crippen molar-refractivity contribution in [1.29, 1.82) is 0 Å². The van der Waals surface area contributed by atoms with Gasteiger partial charge in [0.25, 0.3) is 5.56 Å². The van der Waals surface area contributed by atoms with Gasteiger partial charge in [-0.05, 0) is 31.4 Å². The first-order valence-electron chi connectivity index (χ1n) is 10.1. The molecule has 1 aliphatic rings. The van der Waals surface area contributed by atoms with Crippen LogP contribution in [0.2, 0.25) is 0 Å². The fourth-order valence-corrected chi connectivity index (χ4v) is 3.61. The largest absolute Gasteiger partial charge is 0.370 e. The van der Waals surface area contributed by atoms with E-state index in [0.717, 1.165) is 50.2 Å². The van der Waals surface area contributed by atoms with Gasteiger partial charge >= 0.3 is 0 Å². The number of pyridine rings is 1. The summed E-state index contributed by atoms with van der Waals surface area (Å²) >= 11 is 0. The summed E-state index contributed by atoms with van der Waals surface area (Å²) in [5, 5.41) is 4.26. The molecule has 2 aromatic rings. The number of rotatable bonds is 7. The van der Waals surface area contributed by atoms with Crippen LogP contribution >= 0.6 is 0 Å². The lowest BCUT2D eigenvalue weighted by Crippen LogP contribution is -2.42. The highest BCUT2D eigenvalue weighted by Gasteiger charge is 2.27. The lowest BCUT2D eigenvalue weighted by Gasteiger charge is -2.34. The predicted molar refractivity (Wildman–Crippen MR) is 109 cm³/mol. The highest BCUT2D eigenvalue weighted by atomic mass is 16.2. The van der Waals surface area contributed by atoms with Gasteiger partial charge in [-0.1, -0.05) is 13.0 Å². The van der Waals surface area contributed by atoms with Crippen LogP contribution in [0.3, 0.4) is 0 Å². The molecule has 0 atom stereocenters. The minimum atomic E-state index is -0.0631.